The molecule has 174 valence electrons. The van der Waals surface area contributed by atoms with Crippen molar-refractivity contribution in [1.29, 1.82) is 0 Å². The van der Waals surface area contributed by atoms with E-state index in [0.29, 0.717) is 25.1 Å². The summed E-state index contributed by atoms with van der Waals surface area (Å²) in [6.45, 7) is 5.19. The lowest BCUT2D eigenvalue weighted by Crippen LogP contribution is -2.37. The average Bonchev–Trinajstić information content (AvgIpc) is 3.40. The number of morpholine rings is 1. The maximum absolute atomic E-state index is 5.58. The van der Waals surface area contributed by atoms with Gasteiger partial charge in [-0.25, -0.2) is 9.67 Å². The Labute approximate surface area is 199 Å². The quantitative estimate of drug-likeness (QED) is 0.466. The summed E-state index contributed by atoms with van der Waals surface area (Å²) >= 11 is 0. The number of aromatic nitrogens is 5. The number of hydrogen-bond donors (Lipinski definition) is 0. The Hall–Kier alpha value is -3.36. The molecule has 0 aliphatic carbocycles. The second-order valence-electron chi connectivity index (χ2n) is 9.17. The van der Waals surface area contributed by atoms with E-state index in [2.05, 4.69) is 35.0 Å². The van der Waals surface area contributed by atoms with Crippen molar-refractivity contribution in [2.75, 3.05) is 51.3 Å². The first-order valence-corrected chi connectivity index (χ1v) is 12.0. The Morgan fingerprint density at radius 3 is 2.53 bits per heavy atom. The highest BCUT2D eigenvalue weighted by molar-refractivity contribution is 5.86. The van der Waals surface area contributed by atoms with Gasteiger partial charge in [-0.3, -0.25) is 4.98 Å². The van der Waals surface area contributed by atoms with Crippen LogP contribution in [0.25, 0.3) is 28.2 Å². The number of rotatable bonds is 4. The molecule has 8 nitrogen and oxygen atoms in total. The number of benzene rings is 1. The highest BCUT2D eigenvalue weighted by Crippen LogP contribution is 2.31. The van der Waals surface area contributed by atoms with Crippen molar-refractivity contribution >= 4 is 16.9 Å². The lowest BCUT2D eigenvalue weighted by molar-refractivity contribution is 0.122. The van der Waals surface area contributed by atoms with Gasteiger partial charge in [0.2, 0.25) is 0 Å². The van der Waals surface area contributed by atoms with E-state index in [4.69, 9.17) is 24.8 Å². The van der Waals surface area contributed by atoms with Crippen LogP contribution in [0.5, 0.6) is 0 Å². The minimum Gasteiger partial charge on any atom is -0.378 e. The van der Waals surface area contributed by atoms with Gasteiger partial charge in [-0.1, -0.05) is 30.3 Å². The summed E-state index contributed by atoms with van der Waals surface area (Å²) in [6, 6.07) is 14.4. The third-order valence-electron chi connectivity index (χ3n) is 6.89. The van der Waals surface area contributed by atoms with Crippen molar-refractivity contribution in [1.82, 2.24) is 29.6 Å². The number of piperidine rings is 1. The molecule has 0 radical (unpaired) electrons. The molecule has 2 aliphatic rings. The minimum atomic E-state index is 0.521. The largest absolute Gasteiger partial charge is 0.378 e. The number of nitrogens with zero attached hydrogens (tertiary/aromatic N) is 7. The Morgan fingerprint density at radius 1 is 0.941 bits per heavy atom. The summed E-state index contributed by atoms with van der Waals surface area (Å²) in [5.41, 5.74) is 4.96. The molecule has 8 heteroatoms. The highest BCUT2D eigenvalue weighted by atomic mass is 16.5. The lowest BCUT2D eigenvalue weighted by Gasteiger charge is -2.30. The van der Waals surface area contributed by atoms with Crippen molar-refractivity contribution in [3.8, 4) is 17.2 Å². The fourth-order valence-electron chi connectivity index (χ4n) is 4.87. The van der Waals surface area contributed by atoms with Crippen LogP contribution in [0.3, 0.4) is 0 Å². The third kappa shape index (κ3) is 4.15. The summed E-state index contributed by atoms with van der Waals surface area (Å²) in [6.07, 6.45) is 6.27. The van der Waals surface area contributed by atoms with Crippen LogP contribution in [0, 0.1) is 0 Å². The zero-order chi connectivity index (χ0) is 22.9. The van der Waals surface area contributed by atoms with E-state index in [1.54, 1.807) is 4.68 Å². The Morgan fingerprint density at radius 2 is 1.74 bits per heavy atom. The van der Waals surface area contributed by atoms with Gasteiger partial charge in [0.05, 0.1) is 24.4 Å². The van der Waals surface area contributed by atoms with Gasteiger partial charge in [0.25, 0.3) is 5.95 Å². The Kier molecular flexibility index (Phi) is 5.68. The summed E-state index contributed by atoms with van der Waals surface area (Å²) < 4.78 is 7.35. The molecule has 0 saturated carbocycles. The van der Waals surface area contributed by atoms with E-state index in [9.17, 15) is 0 Å². The first kappa shape index (κ1) is 21.2. The summed E-state index contributed by atoms with van der Waals surface area (Å²) in [4.78, 5) is 19.4. The van der Waals surface area contributed by atoms with E-state index in [0.717, 1.165) is 67.1 Å². The molecule has 0 spiro atoms. The molecule has 3 aromatic heterocycles. The van der Waals surface area contributed by atoms with Crippen molar-refractivity contribution in [3.63, 3.8) is 0 Å². The van der Waals surface area contributed by atoms with Gasteiger partial charge in [0, 0.05) is 31.0 Å². The average molecular weight is 456 g/mol. The lowest BCUT2D eigenvalue weighted by atomic mass is 9.90. The molecule has 4 aromatic rings. The molecule has 2 fully saturated rings. The molecule has 5 heterocycles. The molecule has 2 aliphatic heterocycles. The number of fused-ring (bicyclic) bond motifs is 1. The first-order valence-electron chi connectivity index (χ1n) is 12.0. The molecule has 6 rings (SSSR count). The predicted octanol–water partition coefficient (Wildman–Crippen LogP) is 3.52. The minimum absolute atomic E-state index is 0.521. The number of ether oxygens (including phenoxy) is 1. The van der Waals surface area contributed by atoms with Gasteiger partial charge in [0.15, 0.2) is 5.82 Å². The van der Waals surface area contributed by atoms with Crippen LogP contribution in [0.4, 0.5) is 5.82 Å². The second kappa shape index (κ2) is 9.12. The second-order valence-corrected chi connectivity index (χ2v) is 9.17. The summed E-state index contributed by atoms with van der Waals surface area (Å²) in [5.74, 6) is 1.95. The molecule has 0 bridgehead atoms. The Bertz CT molecular complexity index is 1280. The van der Waals surface area contributed by atoms with Gasteiger partial charge in [-0.2, -0.15) is 10.1 Å². The van der Waals surface area contributed by atoms with Crippen molar-refractivity contribution in [2.45, 2.75) is 18.8 Å². The molecule has 0 unspecified atom stereocenters. The monoisotopic (exact) mass is 455 g/mol. The van der Waals surface area contributed by atoms with Crippen LogP contribution in [0.15, 0.2) is 54.9 Å². The topological polar surface area (TPSA) is 72.2 Å². The predicted molar refractivity (Wildman–Crippen MR) is 132 cm³/mol. The van der Waals surface area contributed by atoms with Crippen molar-refractivity contribution in [3.05, 3.63) is 60.4 Å². The van der Waals surface area contributed by atoms with Crippen molar-refractivity contribution in [2.24, 2.45) is 0 Å². The van der Waals surface area contributed by atoms with E-state index in [1.807, 2.05) is 36.7 Å². The fourth-order valence-corrected chi connectivity index (χ4v) is 4.87. The number of hydrogen-bond acceptors (Lipinski definition) is 7. The molecule has 0 N–H and O–H groups in total. The van der Waals surface area contributed by atoms with E-state index in [1.165, 1.54) is 5.56 Å². The van der Waals surface area contributed by atoms with E-state index >= 15 is 0 Å². The van der Waals surface area contributed by atoms with Gasteiger partial charge in [-0.15, -0.1) is 0 Å². The van der Waals surface area contributed by atoms with E-state index in [-0.39, 0.29) is 0 Å². The molecular weight excluding hydrogens is 426 g/mol. The van der Waals surface area contributed by atoms with Crippen LogP contribution >= 0.6 is 0 Å². The van der Waals surface area contributed by atoms with Crippen LogP contribution in [0.2, 0.25) is 0 Å². The van der Waals surface area contributed by atoms with Crippen LogP contribution in [0.1, 0.15) is 24.3 Å². The molecule has 0 atom stereocenters. The number of pyridine rings is 1. The number of anilines is 1. The summed E-state index contributed by atoms with van der Waals surface area (Å²) in [5, 5.41) is 4.79. The smallest absolute Gasteiger partial charge is 0.253 e. The van der Waals surface area contributed by atoms with Gasteiger partial charge in [0.1, 0.15) is 5.52 Å². The highest BCUT2D eigenvalue weighted by Gasteiger charge is 2.23. The SMILES string of the molecule is CN1CCC(c2cnc3c(N4CCOCC4)nc(-n4ccc(-c5ccccc5)n4)nc3c2)CC1. The number of likely N-dealkylation sites (tertiary alicyclic amines) is 1. The fraction of sp³-hybridized carbons (Fsp3) is 0.385. The van der Waals surface area contributed by atoms with Crippen molar-refractivity contribution < 1.29 is 4.74 Å². The molecule has 0 amide bonds. The maximum Gasteiger partial charge on any atom is 0.253 e. The molecule has 1 aromatic carbocycles. The normalized spacial score (nSPS) is 18.0. The van der Waals surface area contributed by atoms with E-state index < -0.39 is 0 Å². The third-order valence-corrected chi connectivity index (χ3v) is 6.89. The van der Waals surface area contributed by atoms with Crippen LogP contribution < -0.4 is 4.90 Å². The van der Waals surface area contributed by atoms with Crippen LogP contribution in [-0.2, 0) is 4.74 Å². The standard InChI is InChI=1S/C26H29N7O/c1-31-10-7-19(8-11-31)21-17-23-24(27-18-21)25(32-13-15-34-16-14-32)29-26(28-23)33-12-9-22(30-33)20-5-3-2-4-6-20/h2-6,9,12,17-19H,7-8,10-11,13-16H2,1H3. The zero-order valence-corrected chi connectivity index (χ0v) is 19.5. The molecule has 34 heavy (non-hydrogen) atoms. The maximum atomic E-state index is 5.58. The van der Waals surface area contributed by atoms with Gasteiger partial charge < -0.3 is 14.5 Å². The Balaban J connectivity index is 1.42. The molecule has 2 saturated heterocycles. The first-order chi connectivity index (χ1) is 16.7. The van der Waals surface area contributed by atoms with Gasteiger partial charge >= 0.3 is 0 Å². The summed E-state index contributed by atoms with van der Waals surface area (Å²) in [7, 11) is 2.19. The molecular formula is C26H29N7O. The van der Waals surface area contributed by atoms with Gasteiger partial charge in [-0.05, 0) is 56.6 Å². The van der Waals surface area contributed by atoms with Crippen LogP contribution in [-0.4, -0.2) is 76.1 Å². The zero-order valence-electron chi connectivity index (χ0n) is 19.5.